The third kappa shape index (κ3) is 12.3. The number of hydrogen-bond acceptors (Lipinski definition) is 11. The summed E-state index contributed by atoms with van der Waals surface area (Å²) in [6.45, 7) is 16.6. The van der Waals surface area contributed by atoms with Gasteiger partial charge in [0.05, 0.1) is 38.3 Å². The van der Waals surface area contributed by atoms with Crippen molar-refractivity contribution in [3.8, 4) is 0 Å². The van der Waals surface area contributed by atoms with E-state index in [1.54, 1.807) is 32.9 Å². The highest BCUT2D eigenvalue weighted by atomic mass is 16.6. The zero-order chi connectivity index (χ0) is 38.8. The minimum absolute atomic E-state index is 0.0426. The van der Waals surface area contributed by atoms with E-state index in [1.807, 2.05) is 53.7 Å². The molecule has 1 fully saturated rings. The zero-order valence-electron chi connectivity index (χ0n) is 32.2. The molecule has 0 radical (unpaired) electrons. The molecular formula is C39H62O12. The number of carbonyl (C=O) groups is 3. The number of allylic oxidation sites excluding steroid dienone is 5. The number of hydrogen-bond donors (Lipinski definition) is 4. The van der Waals surface area contributed by atoms with Gasteiger partial charge in [-0.15, -0.1) is 0 Å². The van der Waals surface area contributed by atoms with Gasteiger partial charge < -0.3 is 44.1 Å². The summed E-state index contributed by atoms with van der Waals surface area (Å²) in [5, 5.41) is 43.9. The van der Waals surface area contributed by atoms with Crippen molar-refractivity contribution in [3.63, 3.8) is 0 Å². The van der Waals surface area contributed by atoms with Crippen LogP contribution in [0.1, 0.15) is 88.0 Å². The summed E-state index contributed by atoms with van der Waals surface area (Å²) in [6.07, 6.45) is 3.36. The fourth-order valence-corrected chi connectivity index (χ4v) is 7.11. The fourth-order valence-electron chi connectivity index (χ4n) is 7.11. The van der Waals surface area contributed by atoms with Gasteiger partial charge in [0, 0.05) is 37.2 Å². The number of rotatable bonds is 11. The predicted molar refractivity (Wildman–Crippen MR) is 191 cm³/mol. The lowest BCUT2D eigenvalue weighted by Crippen LogP contribution is -2.59. The molecule has 0 bridgehead atoms. The van der Waals surface area contributed by atoms with Gasteiger partial charge in [-0.3, -0.25) is 9.59 Å². The van der Waals surface area contributed by atoms with Crippen molar-refractivity contribution in [2.45, 2.75) is 130 Å². The third-order valence-corrected chi connectivity index (χ3v) is 10.3. The zero-order valence-corrected chi connectivity index (χ0v) is 32.2. The van der Waals surface area contributed by atoms with Crippen molar-refractivity contribution in [2.24, 2.45) is 35.5 Å². The maximum atomic E-state index is 13.6. The molecule has 0 saturated carbocycles. The average Bonchev–Trinajstić information content (AvgIpc) is 3.06. The van der Waals surface area contributed by atoms with E-state index in [9.17, 15) is 29.7 Å². The van der Waals surface area contributed by atoms with E-state index in [0.717, 1.165) is 5.57 Å². The number of carboxylic acids is 1. The molecule has 0 spiro atoms. The van der Waals surface area contributed by atoms with Gasteiger partial charge in [-0.2, -0.15) is 0 Å². The van der Waals surface area contributed by atoms with E-state index >= 15 is 0 Å². The van der Waals surface area contributed by atoms with Crippen LogP contribution in [0.3, 0.4) is 0 Å². The van der Waals surface area contributed by atoms with Gasteiger partial charge in [-0.1, -0.05) is 83.9 Å². The van der Waals surface area contributed by atoms with E-state index in [-0.39, 0.29) is 48.7 Å². The van der Waals surface area contributed by atoms with E-state index in [0.29, 0.717) is 12.0 Å². The molecule has 0 aliphatic carbocycles. The molecule has 0 aromatic heterocycles. The van der Waals surface area contributed by atoms with E-state index in [2.05, 4.69) is 0 Å². The second-order valence-electron chi connectivity index (χ2n) is 14.9. The highest BCUT2D eigenvalue weighted by molar-refractivity contribution is 5.87. The Labute approximate surface area is 303 Å². The summed E-state index contributed by atoms with van der Waals surface area (Å²) < 4.78 is 29.3. The van der Waals surface area contributed by atoms with Crippen molar-refractivity contribution < 1.29 is 58.5 Å². The maximum Gasteiger partial charge on any atom is 0.373 e. The quantitative estimate of drug-likeness (QED) is 0.208. The van der Waals surface area contributed by atoms with Gasteiger partial charge in [0.2, 0.25) is 5.76 Å². The number of aliphatic carboxylic acids is 1. The second-order valence-corrected chi connectivity index (χ2v) is 14.9. The largest absolute Gasteiger partial charge is 0.490 e. The average molecular weight is 723 g/mol. The van der Waals surface area contributed by atoms with E-state index < -0.39 is 72.2 Å². The molecule has 2 rings (SSSR count). The first-order valence-electron chi connectivity index (χ1n) is 18.0. The predicted octanol–water partition coefficient (Wildman–Crippen LogP) is 5.11. The Hall–Kier alpha value is -3.03. The fraction of sp³-hybridized carbons (Fsp3) is 0.718. The molecule has 51 heavy (non-hydrogen) atoms. The van der Waals surface area contributed by atoms with Crippen LogP contribution in [0.4, 0.5) is 0 Å². The molecule has 290 valence electrons. The highest BCUT2D eigenvalue weighted by Gasteiger charge is 2.53. The Kier molecular flexibility index (Phi) is 17.1. The molecule has 0 amide bonds. The Morgan fingerprint density at radius 1 is 1.06 bits per heavy atom. The molecule has 12 atom stereocenters. The maximum absolute atomic E-state index is 13.6. The lowest BCUT2D eigenvalue weighted by molar-refractivity contribution is -0.329. The number of aliphatic hydroxyl groups is 3. The summed E-state index contributed by atoms with van der Waals surface area (Å²) in [6, 6.07) is 0. The Morgan fingerprint density at radius 2 is 1.71 bits per heavy atom. The van der Waals surface area contributed by atoms with Crippen LogP contribution in [0.15, 0.2) is 47.3 Å². The van der Waals surface area contributed by atoms with E-state index in [4.69, 9.17) is 28.8 Å². The first kappa shape index (κ1) is 44.1. The molecular weight excluding hydrogens is 660 g/mol. The van der Waals surface area contributed by atoms with Gasteiger partial charge in [-0.25, -0.2) is 4.79 Å². The Balaban J connectivity index is 2.53. The van der Waals surface area contributed by atoms with Crippen molar-refractivity contribution in [3.05, 3.63) is 47.3 Å². The number of esters is 2. The monoisotopic (exact) mass is 722 g/mol. The number of methoxy groups -OCH3 is 2. The number of ether oxygens (including phenoxy) is 5. The van der Waals surface area contributed by atoms with Gasteiger partial charge in [0.25, 0.3) is 0 Å². The smallest absolute Gasteiger partial charge is 0.373 e. The number of aliphatic hydroxyl groups excluding tert-OH is 2. The lowest BCUT2D eigenvalue weighted by atomic mass is 9.76. The first-order valence-corrected chi connectivity index (χ1v) is 18.0. The SMILES string of the molecule is CO/C1=C/C(C)=C/C(C)C(O)C(C)C/C(C)=C/C=C\C(OC)C(C(C)C(O)C(C)C2(O)CC(OC(=O)CCC(=O)O)C(C)C(C(C)C)O2)OC1=O. The van der Waals surface area contributed by atoms with Crippen molar-refractivity contribution in [1.82, 2.24) is 0 Å². The Bertz CT molecular complexity index is 1300. The molecule has 12 nitrogen and oxygen atoms in total. The van der Waals surface area contributed by atoms with Crippen LogP contribution >= 0.6 is 0 Å². The molecule has 12 heteroatoms. The van der Waals surface area contributed by atoms with Crippen LogP contribution in [0.2, 0.25) is 0 Å². The molecule has 2 heterocycles. The summed E-state index contributed by atoms with van der Waals surface area (Å²) in [5.41, 5.74) is 1.71. The van der Waals surface area contributed by atoms with Gasteiger partial charge in [-0.05, 0) is 38.2 Å². The molecule has 0 aromatic rings. The van der Waals surface area contributed by atoms with Crippen molar-refractivity contribution in [1.29, 1.82) is 0 Å². The second kappa shape index (κ2) is 19.7. The molecule has 1 saturated heterocycles. The van der Waals surface area contributed by atoms with Crippen LogP contribution in [0, 0.1) is 35.5 Å². The molecule has 12 unspecified atom stereocenters. The Morgan fingerprint density at radius 3 is 2.27 bits per heavy atom. The standard InChI is InChI=1S/C39H62O12/c1-21(2)36-26(7)31(49-33(42)16-15-32(40)41)20-39(46,51-36)28(9)35(44)27(8)37-29(47-10)14-12-13-22(3)17-24(5)34(43)25(6)18-23(4)19-30(48-11)38(45)50-37/h12-14,18-19,21,24-29,31,34-37,43-44,46H,15-17,20H2,1-11H3,(H,40,41)/b14-12-,22-13+,23-18+,30-19+. The van der Waals surface area contributed by atoms with Crippen molar-refractivity contribution in [2.75, 3.05) is 14.2 Å². The van der Waals surface area contributed by atoms with Crippen LogP contribution < -0.4 is 0 Å². The van der Waals surface area contributed by atoms with Gasteiger partial charge >= 0.3 is 17.9 Å². The summed E-state index contributed by atoms with van der Waals surface area (Å²) in [5.74, 6) is -7.19. The van der Waals surface area contributed by atoms with Gasteiger partial charge in [0.1, 0.15) is 18.3 Å². The van der Waals surface area contributed by atoms with Crippen LogP contribution in [-0.2, 0) is 38.1 Å². The number of carboxylic acid groups (broad SMARTS) is 1. The summed E-state index contributed by atoms with van der Waals surface area (Å²) in [7, 11) is 2.81. The molecule has 2 aliphatic heterocycles. The van der Waals surface area contributed by atoms with Gasteiger partial charge in [0.15, 0.2) is 5.79 Å². The third-order valence-electron chi connectivity index (χ3n) is 10.3. The number of carbonyl (C=O) groups excluding carboxylic acids is 2. The van der Waals surface area contributed by atoms with Crippen LogP contribution in [0.5, 0.6) is 0 Å². The molecule has 2 aliphatic rings. The summed E-state index contributed by atoms with van der Waals surface area (Å²) >= 11 is 0. The molecule has 4 N–H and O–H groups in total. The highest BCUT2D eigenvalue weighted by Crippen LogP contribution is 2.42. The topological polar surface area (TPSA) is 178 Å². The first-order chi connectivity index (χ1) is 23.8. The van der Waals surface area contributed by atoms with Crippen LogP contribution in [0.25, 0.3) is 0 Å². The number of cyclic esters (lactones) is 1. The lowest BCUT2D eigenvalue weighted by Gasteiger charge is -2.50. The normalized spacial score (nSPS) is 36.9. The van der Waals surface area contributed by atoms with E-state index in [1.165, 1.54) is 20.3 Å². The van der Waals surface area contributed by atoms with Crippen LogP contribution in [-0.4, -0.2) is 95.0 Å². The summed E-state index contributed by atoms with van der Waals surface area (Å²) in [4.78, 5) is 37.2. The van der Waals surface area contributed by atoms with Crippen molar-refractivity contribution >= 4 is 17.9 Å². The molecule has 0 aromatic carbocycles. The minimum Gasteiger partial charge on any atom is -0.490 e. The minimum atomic E-state index is -1.97.